The van der Waals surface area contributed by atoms with Crippen LogP contribution in [0.2, 0.25) is 0 Å². The van der Waals surface area contributed by atoms with Crippen molar-refractivity contribution in [2.24, 2.45) is 0 Å². The van der Waals surface area contributed by atoms with Crippen molar-refractivity contribution in [2.45, 2.75) is 37.2 Å². The van der Waals surface area contributed by atoms with Crippen molar-refractivity contribution in [1.29, 1.82) is 0 Å². The fourth-order valence-electron chi connectivity index (χ4n) is 5.40. The quantitative estimate of drug-likeness (QED) is 0.126. The number of hydrogen-bond donors (Lipinski definition) is 2. The van der Waals surface area contributed by atoms with Gasteiger partial charge in [-0.3, -0.25) is 4.79 Å². The van der Waals surface area contributed by atoms with Gasteiger partial charge in [-0.15, -0.1) is 0 Å². The molecule has 1 unspecified atom stereocenters. The minimum Gasteiger partial charge on any atom is -0.428 e. The lowest BCUT2D eigenvalue weighted by Gasteiger charge is -2.37. The third kappa shape index (κ3) is 8.62. The predicted octanol–water partition coefficient (Wildman–Crippen LogP) is 9.89. The van der Waals surface area contributed by atoms with Gasteiger partial charge < -0.3 is 15.4 Å². The second-order valence-electron chi connectivity index (χ2n) is 11.4. The van der Waals surface area contributed by atoms with Crippen LogP contribution in [-0.4, -0.2) is 18.4 Å². The van der Waals surface area contributed by atoms with E-state index in [4.69, 9.17) is 0 Å². The normalized spacial score (nSPS) is 13.1. The summed E-state index contributed by atoms with van der Waals surface area (Å²) in [5, 5.41) is 5.45. The van der Waals surface area contributed by atoms with Crippen LogP contribution in [0.15, 0.2) is 115 Å². The van der Waals surface area contributed by atoms with Crippen molar-refractivity contribution in [3.63, 3.8) is 0 Å². The minimum absolute atomic E-state index is 0.0491. The fraction of sp³-hybridized carbons (Fsp3) is 0.162. The molecule has 0 heterocycles. The lowest BCUT2D eigenvalue weighted by molar-refractivity contribution is -0.253. The molecule has 0 fully saturated rings. The van der Waals surface area contributed by atoms with Gasteiger partial charge in [0, 0.05) is 24.6 Å². The Balaban J connectivity index is 1.73. The summed E-state index contributed by atoms with van der Waals surface area (Å²) < 4.78 is 144. The molecule has 0 aliphatic rings. The van der Waals surface area contributed by atoms with Crippen LogP contribution in [0.1, 0.15) is 38.2 Å². The second kappa shape index (κ2) is 14.8. The third-order valence-electron chi connectivity index (χ3n) is 7.83. The Kier molecular flexibility index (Phi) is 10.6. The number of halogens is 10. The van der Waals surface area contributed by atoms with E-state index in [1.54, 1.807) is 60.7 Å². The zero-order valence-electron chi connectivity index (χ0n) is 26.1. The highest BCUT2D eigenvalue weighted by atomic mass is 19.4. The SMILES string of the molecule is O=C(NC(Cc1ccccc1)(c1cc(F)cc(OC(F)(F)C(F)F)c1)c1ccc(F)c(NCc2ccccc2)c1)c1ccc(F)c(C(F)(F)F)c1. The number of ether oxygens (including phenoxy) is 1. The number of rotatable bonds is 12. The molecular weight excluding hydrogens is 694 g/mol. The molecule has 2 N–H and O–H groups in total. The van der Waals surface area contributed by atoms with Gasteiger partial charge in [-0.25, -0.2) is 13.2 Å². The van der Waals surface area contributed by atoms with Crippen molar-refractivity contribution >= 4 is 11.6 Å². The molecule has 4 nitrogen and oxygen atoms in total. The molecule has 0 aromatic heterocycles. The van der Waals surface area contributed by atoms with Crippen LogP contribution in [0.5, 0.6) is 5.75 Å². The van der Waals surface area contributed by atoms with Crippen molar-refractivity contribution in [3.8, 4) is 5.75 Å². The van der Waals surface area contributed by atoms with E-state index in [1.165, 1.54) is 6.07 Å². The summed E-state index contributed by atoms with van der Waals surface area (Å²) in [5.74, 6) is -6.11. The molecule has 0 radical (unpaired) electrons. The summed E-state index contributed by atoms with van der Waals surface area (Å²) in [4.78, 5) is 13.9. The van der Waals surface area contributed by atoms with Crippen molar-refractivity contribution in [3.05, 3.63) is 166 Å². The van der Waals surface area contributed by atoms with Crippen LogP contribution in [0, 0.1) is 17.5 Å². The Bertz CT molecular complexity index is 1990. The molecule has 51 heavy (non-hydrogen) atoms. The van der Waals surface area contributed by atoms with Gasteiger partial charge in [0.2, 0.25) is 0 Å². The first kappa shape index (κ1) is 36.7. The first-order chi connectivity index (χ1) is 24.1. The van der Waals surface area contributed by atoms with E-state index in [9.17, 15) is 39.9 Å². The average molecular weight is 721 g/mol. The molecule has 0 aliphatic carbocycles. The summed E-state index contributed by atoms with van der Waals surface area (Å²) >= 11 is 0. The average Bonchev–Trinajstić information content (AvgIpc) is 3.07. The second-order valence-corrected chi connectivity index (χ2v) is 11.4. The first-order valence-electron chi connectivity index (χ1n) is 15.0. The van der Waals surface area contributed by atoms with E-state index in [0.717, 1.165) is 35.9 Å². The Morgan fingerprint density at radius 2 is 1.31 bits per heavy atom. The van der Waals surface area contributed by atoms with Crippen LogP contribution >= 0.6 is 0 Å². The van der Waals surface area contributed by atoms with E-state index >= 15 is 8.78 Å². The first-order valence-corrected chi connectivity index (χ1v) is 15.0. The molecule has 266 valence electrons. The summed E-state index contributed by atoms with van der Waals surface area (Å²) in [5.41, 5.74) is -4.12. The summed E-state index contributed by atoms with van der Waals surface area (Å²) in [6, 6.07) is 23.3. The van der Waals surface area contributed by atoms with Gasteiger partial charge in [-0.2, -0.15) is 30.7 Å². The maximum atomic E-state index is 15.3. The number of hydrogen-bond acceptors (Lipinski definition) is 3. The predicted molar refractivity (Wildman–Crippen MR) is 168 cm³/mol. The Hall–Kier alpha value is -5.53. The van der Waals surface area contributed by atoms with Crippen molar-refractivity contribution in [1.82, 2.24) is 5.32 Å². The molecule has 0 saturated heterocycles. The molecule has 0 bridgehead atoms. The van der Waals surface area contributed by atoms with E-state index in [1.807, 2.05) is 0 Å². The number of nitrogens with one attached hydrogen (secondary N) is 2. The molecule has 1 atom stereocenters. The van der Waals surface area contributed by atoms with Gasteiger partial charge in [0.05, 0.1) is 16.8 Å². The van der Waals surface area contributed by atoms with E-state index in [2.05, 4.69) is 15.4 Å². The van der Waals surface area contributed by atoms with Gasteiger partial charge in [-0.1, -0.05) is 66.7 Å². The van der Waals surface area contributed by atoms with Gasteiger partial charge in [0.15, 0.2) is 0 Å². The zero-order valence-corrected chi connectivity index (χ0v) is 26.1. The lowest BCUT2D eigenvalue weighted by atomic mass is 9.77. The van der Waals surface area contributed by atoms with Crippen molar-refractivity contribution in [2.75, 3.05) is 5.32 Å². The molecule has 5 aromatic rings. The van der Waals surface area contributed by atoms with Crippen LogP contribution < -0.4 is 15.4 Å². The highest BCUT2D eigenvalue weighted by Gasteiger charge is 2.45. The molecule has 0 saturated carbocycles. The number of alkyl halides is 7. The van der Waals surface area contributed by atoms with Gasteiger partial charge >= 0.3 is 18.7 Å². The van der Waals surface area contributed by atoms with Crippen molar-refractivity contribution < 1.29 is 53.4 Å². The van der Waals surface area contributed by atoms with Crippen LogP contribution in [0.4, 0.5) is 49.6 Å². The number of anilines is 1. The standard InChI is InChI=1S/C37H26F10N2O2/c38-27-16-26(17-28(19-27)51-37(46,47)34(41)42)35(20-22-7-3-1-4-8-22,49-33(50)24-11-13-30(39)29(15-24)36(43,44)45)25-12-14-31(40)32(18-25)48-21-23-9-5-2-6-10-23/h1-19,34,48H,20-21H2,(H,49,50). The summed E-state index contributed by atoms with van der Waals surface area (Å²) in [7, 11) is 0. The summed E-state index contributed by atoms with van der Waals surface area (Å²) in [6.07, 6.45) is -15.0. The number of carbonyl (C=O) groups is 1. The molecule has 5 rings (SSSR count). The maximum Gasteiger partial charge on any atom is 0.461 e. The van der Waals surface area contributed by atoms with Crippen LogP contribution in [0.3, 0.4) is 0 Å². The van der Waals surface area contributed by atoms with E-state index in [0.29, 0.717) is 17.7 Å². The molecule has 0 aliphatic heterocycles. The van der Waals surface area contributed by atoms with E-state index in [-0.39, 0.29) is 30.3 Å². The monoisotopic (exact) mass is 720 g/mol. The van der Waals surface area contributed by atoms with Gasteiger partial charge in [0.25, 0.3) is 5.91 Å². The van der Waals surface area contributed by atoms with Gasteiger partial charge in [0.1, 0.15) is 23.2 Å². The smallest absolute Gasteiger partial charge is 0.428 e. The van der Waals surface area contributed by atoms with Crippen LogP contribution in [0.25, 0.3) is 0 Å². The summed E-state index contributed by atoms with van der Waals surface area (Å²) in [6.45, 7) is 0.0930. The van der Waals surface area contributed by atoms with Crippen LogP contribution in [-0.2, 0) is 24.7 Å². The lowest BCUT2D eigenvalue weighted by Crippen LogP contribution is -2.49. The largest absolute Gasteiger partial charge is 0.461 e. The third-order valence-corrected chi connectivity index (χ3v) is 7.83. The molecule has 5 aromatic carbocycles. The highest BCUT2D eigenvalue weighted by Crippen LogP contribution is 2.40. The molecular formula is C37H26F10N2O2. The zero-order chi connectivity index (χ0) is 37.0. The number of benzene rings is 5. The number of carbonyl (C=O) groups excluding carboxylic acids is 1. The Labute approximate surface area is 284 Å². The number of amides is 1. The Morgan fingerprint density at radius 1 is 0.686 bits per heavy atom. The minimum atomic E-state index is -5.21. The van der Waals surface area contributed by atoms with Gasteiger partial charge in [-0.05, 0) is 64.7 Å². The highest BCUT2D eigenvalue weighted by molar-refractivity contribution is 5.95. The maximum absolute atomic E-state index is 15.3. The molecule has 1 amide bonds. The Morgan fingerprint density at radius 3 is 1.94 bits per heavy atom. The fourth-order valence-corrected chi connectivity index (χ4v) is 5.40. The van der Waals surface area contributed by atoms with E-state index < -0.39 is 70.0 Å². The topological polar surface area (TPSA) is 50.4 Å². The molecule has 14 heteroatoms. The molecule has 0 spiro atoms.